The zero-order chi connectivity index (χ0) is 22.9. The maximum Gasteiger partial charge on any atom is 0.308 e. The van der Waals surface area contributed by atoms with Crippen LogP contribution in [0.5, 0.6) is 11.5 Å². The van der Waals surface area contributed by atoms with Crippen molar-refractivity contribution < 1.29 is 23.9 Å². The lowest BCUT2D eigenvalue weighted by atomic mass is 10.2. The fourth-order valence-electron chi connectivity index (χ4n) is 2.85. The van der Waals surface area contributed by atoms with E-state index in [9.17, 15) is 14.4 Å². The Morgan fingerprint density at radius 2 is 1.50 bits per heavy atom. The number of nitrogens with one attached hydrogen (secondary N) is 2. The van der Waals surface area contributed by atoms with Crippen molar-refractivity contribution in [3.05, 3.63) is 90.0 Å². The van der Waals surface area contributed by atoms with Crippen molar-refractivity contribution in [2.45, 2.75) is 6.92 Å². The third-order valence-electron chi connectivity index (χ3n) is 4.27. The van der Waals surface area contributed by atoms with E-state index in [0.717, 1.165) is 5.56 Å². The minimum atomic E-state index is -0.466. The van der Waals surface area contributed by atoms with Gasteiger partial charge in [0.1, 0.15) is 11.5 Å². The van der Waals surface area contributed by atoms with E-state index in [1.54, 1.807) is 55.7 Å². The van der Waals surface area contributed by atoms with Gasteiger partial charge in [0.05, 0.1) is 7.11 Å². The molecule has 0 aliphatic carbocycles. The number of rotatable bonds is 7. The van der Waals surface area contributed by atoms with Crippen LogP contribution in [0.3, 0.4) is 0 Å². The minimum Gasteiger partial charge on any atom is -0.497 e. The summed E-state index contributed by atoms with van der Waals surface area (Å²) in [7, 11) is 1.58. The summed E-state index contributed by atoms with van der Waals surface area (Å²) in [5, 5.41) is 5.52. The Balaban J connectivity index is 1.63. The van der Waals surface area contributed by atoms with Gasteiger partial charge in [-0.15, -0.1) is 0 Å². The largest absolute Gasteiger partial charge is 0.497 e. The van der Waals surface area contributed by atoms with Gasteiger partial charge in [0.2, 0.25) is 5.91 Å². The lowest BCUT2D eigenvalue weighted by molar-refractivity contribution is -0.131. The number of benzene rings is 3. The van der Waals surface area contributed by atoms with E-state index in [0.29, 0.717) is 22.7 Å². The fourth-order valence-corrected chi connectivity index (χ4v) is 2.85. The van der Waals surface area contributed by atoms with Crippen molar-refractivity contribution in [3.63, 3.8) is 0 Å². The Labute approximate surface area is 185 Å². The predicted octanol–water partition coefficient (Wildman–Crippen LogP) is 4.52. The van der Waals surface area contributed by atoms with Gasteiger partial charge in [-0.2, -0.15) is 0 Å². The number of methoxy groups -OCH3 is 1. The van der Waals surface area contributed by atoms with Crippen LogP contribution in [-0.4, -0.2) is 24.9 Å². The molecule has 7 heteroatoms. The smallest absolute Gasteiger partial charge is 0.308 e. The number of esters is 1. The normalized spacial score (nSPS) is 10.4. The average molecular weight is 430 g/mol. The van der Waals surface area contributed by atoms with Gasteiger partial charge < -0.3 is 20.1 Å². The second-order valence-electron chi connectivity index (χ2n) is 6.76. The molecule has 0 atom stereocenters. The summed E-state index contributed by atoms with van der Waals surface area (Å²) in [6, 6.07) is 20.4. The molecule has 0 bridgehead atoms. The van der Waals surface area contributed by atoms with Crippen LogP contribution in [0.4, 0.5) is 11.4 Å². The zero-order valence-electron chi connectivity index (χ0n) is 17.6. The van der Waals surface area contributed by atoms with Crippen LogP contribution in [0.15, 0.2) is 78.9 Å². The highest BCUT2D eigenvalue weighted by molar-refractivity contribution is 6.05. The molecule has 0 spiro atoms. The molecule has 0 heterocycles. The Bertz CT molecular complexity index is 1170. The van der Waals surface area contributed by atoms with E-state index in [2.05, 4.69) is 10.6 Å². The first kappa shape index (κ1) is 22.3. The van der Waals surface area contributed by atoms with E-state index in [1.165, 1.54) is 19.1 Å². The summed E-state index contributed by atoms with van der Waals surface area (Å²) in [5.74, 6) is -0.166. The van der Waals surface area contributed by atoms with Gasteiger partial charge in [0.15, 0.2) is 0 Å². The van der Waals surface area contributed by atoms with Gasteiger partial charge >= 0.3 is 5.97 Å². The van der Waals surface area contributed by atoms with Gasteiger partial charge in [0, 0.05) is 29.9 Å². The standard InChI is InChI=1S/C25H22N2O5/c1-17(28)32-23-11-4-7-19(15-23)25(30)27-21-9-5-8-20(16-21)26-24(29)13-12-18-6-3-10-22(14-18)31-2/h3-16H,1-2H3,(H,26,29)(H,27,30)/b13-12+. The third kappa shape index (κ3) is 6.56. The lowest BCUT2D eigenvalue weighted by Crippen LogP contribution is -2.13. The Morgan fingerprint density at radius 1 is 0.812 bits per heavy atom. The van der Waals surface area contributed by atoms with Gasteiger partial charge in [-0.05, 0) is 60.2 Å². The number of anilines is 2. The van der Waals surface area contributed by atoms with Crippen LogP contribution in [0, 0.1) is 0 Å². The molecule has 0 unspecified atom stereocenters. The van der Waals surface area contributed by atoms with Crippen LogP contribution in [0.2, 0.25) is 0 Å². The number of hydrogen-bond acceptors (Lipinski definition) is 5. The molecular formula is C25H22N2O5. The zero-order valence-corrected chi connectivity index (χ0v) is 17.6. The van der Waals surface area contributed by atoms with E-state index in [-0.39, 0.29) is 17.6 Å². The maximum absolute atomic E-state index is 12.5. The summed E-state index contributed by atoms with van der Waals surface area (Å²) in [6.07, 6.45) is 3.10. The molecular weight excluding hydrogens is 408 g/mol. The van der Waals surface area contributed by atoms with E-state index in [4.69, 9.17) is 9.47 Å². The Morgan fingerprint density at radius 3 is 2.25 bits per heavy atom. The van der Waals surface area contributed by atoms with Crippen molar-refractivity contribution in [2.75, 3.05) is 17.7 Å². The highest BCUT2D eigenvalue weighted by atomic mass is 16.5. The molecule has 0 fully saturated rings. The molecule has 2 N–H and O–H groups in total. The summed E-state index contributed by atoms with van der Waals surface area (Å²) in [5.41, 5.74) is 2.19. The van der Waals surface area contributed by atoms with Crippen molar-refractivity contribution in [1.82, 2.24) is 0 Å². The molecule has 0 aliphatic heterocycles. The monoisotopic (exact) mass is 430 g/mol. The van der Waals surface area contributed by atoms with Crippen molar-refractivity contribution in [2.24, 2.45) is 0 Å². The highest BCUT2D eigenvalue weighted by Crippen LogP contribution is 2.19. The van der Waals surface area contributed by atoms with Crippen molar-refractivity contribution >= 4 is 35.2 Å². The summed E-state index contributed by atoms with van der Waals surface area (Å²) in [6.45, 7) is 1.29. The van der Waals surface area contributed by atoms with Crippen LogP contribution in [0.25, 0.3) is 6.08 Å². The molecule has 3 rings (SSSR count). The van der Waals surface area contributed by atoms with Gasteiger partial charge in [-0.25, -0.2) is 0 Å². The number of carbonyl (C=O) groups is 3. The number of amides is 2. The SMILES string of the molecule is COc1cccc(/C=C/C(=O)Nc2cccc(NC(=O)c3cccc(OC(C)=O)c3)c2)c1. The van der Waals surface area contributed by atoms with Gasteiger partial charge in [-0.1, -0.05) is 24.3 Å². The molecule has 32 heavy (non-hydrogen) atoms. The lowest BCUT2D eigenvalue weighted by Gasteiger charge is -2.09. The van der Waals surface area contributed by atoms with Crippen molar-refractivity contribution in [3.8, 4) is 11.5 Å². The van der Waals surface area contributed by atoms with Crippen LogP contribution in [-0.2, 0) is 9.59 Å². The summed E-state index contributed by atoms with van der Waals surface area (Å²) in [4.78, 5) is 35.9. The molecule has 3 aromatic carbocycles. The van der Waals surface area contributed by atoms with E-state index < -0.39 is 5.97 Å². The van der Waals surface area contributed by atoms with Crippen LogP contribution < -0.4 is 20.1 Å². The number of carbonyl (C=O) groups excluding carboxylic acids is 3. The van der Waals surface area contributed by atoms with Crippen LogP contribution >= 0.6 is 0 Å². The van der Waals surface area contributed by atoms with Gasteiger partial charge in [-0.3, -0.25) is 14.4 Å². The fraction of sp³-hybridized carbons (Fsp3) is 0.0800. The molecule has 0 radical (unpaired) electrons. The van der Waals surface area contributed by atoms with E-state index in [1.807, 2.05) is 24.3 Å². The molecule has 3 aromatic rings. The quantitative estimate of drug-likeness (QED) is 0.326. The first-order valence-corrected chi connectivity index (χ1v) is 9.76. The molecule has 162 valence electrons. The second kappa shape index (κ2) is 10.6. The number of ether oxygens (including phenoxy) is 2. The predicted molar refractivity (Wildman–Crippen MR) is 123 cm³/mol. The third-order valence-corrected chi connectivity index (χ3v) is 4.27. The average Bonchev–Trinajstić information content (AvgIpc) is 2.78. The topological polar surface area (TPSA) is 93.7 Å². The Hall–Kier alpha value is -4.39. The molecule has 7 nitrogen and oxygen atoms in total. The number of hydrogen-bond donors (Lipinski definition) is 2. The first-order valence-electron chi connectivity index (χ1n) is 9.76. The van der Waals surface area contributed by atoms with E-state index >= 15 is 0 Å². The summed E-state index contributed by atoms with van der Waals surface area (Å²) < 4.78 is 10.2. The Kier molecular flexibility index (Phi) is 7.37. The molecule has 0 saturated carbocycles. The molecule has 0 aliphatic rings. The molecule has 2 amide bonds. The maximum atomic E-state index is 12.5. The van der Waals surface area contributed by atoms with Crippen LogP contribution in [0.1, 0.15) is 22.8 Å². The minimum absolute atomic E-state index is 0.286. The van der Waals surface area contributed by atoms with Crippen molar-refractivity contribution in [1.29, 1.82) is 0 Å². The highest BCUT2D eigenvalue weighted by Gasteiger charge is 2.09. The van der Waals surface area contributed by atoms with Gasteiger partial charge in [0.25, 0.3) is 5.91 Å². The first-order chi connectivity index (χ1) is 15.4. The molecule has 0 aromatic heterocycles. The second-order valence-corrected chi connectivity index (χ2v) is 6.76. The molecule has 0 saturated heterocycles. The summed E-state index contributed by atoms with van der Waals surface area (Å²) >= 11 is 0.